The highest BCUT2D eigenvalue weighted by Crippen LogP contribution is 2.29. The molecule has 1 heterocycles. The zero-order valence-electron chi connectivity index (χ0n) is 15.4. The summed E-state index contributed by atoms with van der Waals surface area (Å²) in [6.07, 6.45) is 3.07. The van der Waals surface area contributed by atoms with Crippen LogP contribution in [0.1, 0.15) is 24.8 Å². The first-order valence-electron chi connectivity index (χ1n) is 9.15. The van der Waals surface area contributed by atoms with E-state index in [0.717, 1.165) is 36.9 Å². The van der Waals surface area contributed by atoms with E-state index in [1.807, 2.05) is 42.1 Å². The lowest BCUT2D eigenvalue weighted by Crippen LogP contribution is -2.08. The Morgan fingerprint density at radius 2 is 1.96 bits per heavy atom. The Hall–Kier alpha value is -2.93. The summed E-state index contributed by atoms with van der Waals surface area (Å²) in [5, 5.41) is 19.5. The van der Waals surface area contributed by atoms with Crippen LogP contribution in [0.4, 0.5) is 5.69 Å². The van der Waals surface area contributed by atoms with E-state index in [4.69, 9.17) is 4.74 Å². The Labute approximate surface area is 158 Å². The molecule has 0 atom stereocenters. The molecule has 0 spiro atoms. The number of ether oxygens (including phenoxy) is 1. The summed E-state index contributed by atoms with van der Waals surface area (Å²) < 4.78 is 7.72. The quantitative estimate of drug-likeness (QED) is 0.335. The van der Waals surface area contributed by atoms with Crippen LogP contribution in [0.15, 0.2) is 48.5 Å². The fourth-order valence-corrected chi connectivity index (χ4v) is 2.98. The number of nitrogens with one attached hydrogen (secondary N) is 1. The molecule has 0 aliphatic heterocycles. The first-order valence-corrected chi connectivity index (χ1v) is 9.15. The number of rotatable bonds is 10. The molecule has 0 saturated heterocycles. The van der Waals surface area contributed by atoms with Gasteiger partial charge in [0.1, 0.15) is 0 Å². The Morgan fingerprint density at radius 3 is 2.70 bits per heavy atom. The van der Waals surface area contributed by atoms with Gasteiger partial charge >= 0.3 is 0 Å². The maximum Gasteiger partial charge on any atom is 0.270 e. The van der Waals surface area contributed by atoms with Crippen molar-refractivity contribution in [1.82, 2.24) is 15.1 Å². The van der Waals surface area contributed by atoms with E-state index in [-0.39, 0.29) is 5.69 Å². The van der Waals surface area contributed by atoms with Gasteiger partial charge in [0.05, 0.1) is 29.0 Å². The Bertz CT molecular complexity index is 893. The van der Waals surface area contributed by atoms with Crippen molar-refractivity contribution in [3.05, 3.63) is 64.2 Å². The number of nitrogens with zero attached hydrogens (tertiary/aromatic N) is 3. The molecular formula is C20H24N4O3. The molecule has 0 unspecified atom stereocenters. The summed E-state index contributed by atoms with van der Waals surface area (Å²) in [5.41, 5.74) is 1.98. The minimum Gasteiger partial charge on any atom is -0.476 e. The topological polar surface area (TPSA) is 82.2 Å². The van der Waals surface area contributed by atoms with E-state index in [2.05, 4.69) is 10.4 Å². The molecule has 142 valence electrons. The molecule has 7 heteroatoms. The molecule has 0 aliphatic rings. The lowest BCUT2D eigenvalue weighted by Gasteiger charge is -2.04. The first kappa shape index (κ1) is 18.8. The van der Waals surface area contributed by atoms with Crippen molar-refractivity contribution in [2.24, 2.45) is 0 Å². The number of hydrogen-bond acceptors (Lipinski definition) is 5. The van der Waals surface area contributed by atoms with Crippen molar-refractivity contribution >= 4 is 16.6 Å². The fraction of sp³-hybridized carbons (Fsp3) is 0.350. The van der Waals surface area contributed by atoms with Gasteiger partial charge in [-0.15, -0.1) is 5.10 Å². The molecule has 2 aromatic carbocycles. The summed E-state index contributed by atoms with van der Waals surface area (Å²) in [7, 11) is 1.94. The smallest absolute Gasteiger partial charge is 0.270 e. The van der Waals surface area contributed by atoms with Crippen molar-refractivity contribution < 1.29 is 9.66 Å². The summed E-state index contributed by atoms with van der Waals surface area (Å²) in [6, 6.07) is 14.8. The fourth-order valence-electron chi connectivity index (χ4n) is 2.98. The standard InChI is InChI=1S/C20H24N4O3/c1-21-12-6-3-7-13-27-20-18-14-17(24(25)26)10-11-19(18)23(22-20)15-16-8-4-2-5-9-16/h2,4-5,8-11,14,21H,3,6-7,12-13,15H2,1H3. The monoisotopic (exact) mass is 368 g/mol. The number of nitro benzene ring substituents is 1. The third kappa shape index (κ3) is 4.83. The second-order valence-electron chi connectivity index (χ2n) is 6.42. The molecule has 7 nitrogen and oxygen atoms in total. The van der Waals surface area contributed by atoms with Crippen LogP contribution in [0.3, 0.4) is 0 Å². The van der Waals surface area contributed by atoms with Crippen LogP contribution in [0.5, 0.6) is 5.88 Å². The van der Waals surface area contributed by atoms with E-state index in [9.17, 15) is 10.1 Å². The molecule has 3 rings (SSSR count). The molecule has 0 amide bonds. The summed E-state index contributed by atoms with van der Waals surface area (Å²) in [6.45, 7) is 2.12. The minimum atomic E-state index is -0.393. The van der Waals surface area contributed by atoms with Crippen molar-refractivity contribution in [1.29, 1.82) is 0 Å². The molecule has 1 aromatic heterocycles. The molecular weight excluding hydrogens is 344 g/mol. The van der Waals surface area contributed by atoms with E-state index in [1.165, 1.54) is 6.07 Å². The molecule has 0 radical (unpaired) electrons. The van der Waals surface area contributed by atoms with Gasteiger partial charge in [-0.2, -0.15) is 0 Å². The zero-order chi connectivity index (χ0) is 19.1. The zero-order valence-corrected chi connectivity index (χ0v) is 15.4. The lowest BCUT2D eigenvalue weighted by atomic mass is 10.2. The number of nitro groups is 1. The van der Waals surface area contributed by atoms with Gasteiger partial charge in [0, 0.05) is 12.1 Å². The Balaban J connectivity index is 1.82. The number of aromatic nitrogens is 2. The third-order valence-electron chi connectivity index (χ3n) is 4.40. The Morgan fingerprint density at radius 1 is 1.15 bits per heavy atom. The van der Waals surface area contributed by atoms with Gasteiger partial charge in [-0.3, -0.25) is 14.8 Å². The van der Waals surface area contributed by atoms with Crippen LogP contribution in [0, 0.1) is 10.1 Å². The highest BCUT2D eigenvalue weighted by molar-refractivity contribution is 5.86. The minimum absolute atomic E-state index is 0.0423. The average molecular weight is 368 g/mol. The van der Waals surface area contributed by atoms with Gasteiger partial charge in [0.2, 0.25) is 5.88 Å². The predicted molar refractivity (Wildman–Crippen MR) is 105 cm³/mol. The molecule has 3 aromatic rings. The maximum atomic E-state index is 11.1. The van der Waals surface area contributed by atoms with E-state index in [1.54, 1.807) is 12.1 Å². The summed E-state index contributed by atoms with van der Waals surface area (Å²) >= 11 is 0. The highest BCUT2D eigenvalue weighted by atomic mass is 16.6. The number of non-ortho nitro benzene ring substituents is 1. The van der Waals surface area contributed by atoms with Crippen LogP contribution in [0.25, 0.3) is 10.9 Å². The van der Waals surface area contributed by atoms with E-state index < -0.39 is 4.92 Å². The van der Waals surface area contributed by atoms with E-state index >= 15 is 0 Å². The van der Waals surface area contributed by atoms with Crippen LogP contribution in [0.2, 0.25) is 0 Å². The molecule has 0 saturated carbocycles. The van der Waals surface area contributed by atoms with Crippen molar-refractivity contribution in [3.63, 3.8) is 0 Å². The normalized spacial score (nSPS) is 11.0. The van der Waals surface area contributed by atoms with Crippen molar-refractivity contribution in [2.75, 3.05) is 20.2 Å². The highest BCUT2D eigenvalue weighted by Gasteiger charge is 2.16. The second-order valence-corrected chi connectivity index (χ2v) is 6.42. The first-order chi connectivity index (χ1) is 13.2. The average Bonchev–Trinajstić information content (AvgIpc) is 3.02. The SMILES string of the molecule is CNCCCCCOc1nn(Cc2ccccc2)c2ccc([N+](=O)[O-])cc12. The molecule has 0 aliphatic carbocycles. The van der Waals surface area contributed by atoms with Crippen LogP contribution < -0.4 is 10.1 Å². The Kier molecular flexibility index (Phi) is 6.38. The number of hydrogen-bond donors (Lipinski definition) is 1. The number of benzene rings is 2. The van der Waals surface area contributed by atoms with Crippen LogP contribution >= 0.6 is 0 Å². The van der Waals surface area contributed by atoms with Crippen LogP contribution in [-0.2, 0) is 6.54 Å². The van der Waals surface area contributed by atoms with Gasteiger partial charge in [-0.05, 0) is 44.5 Å². The molecule has 0 bridgehead atoms. The lowest BCUT2D eigenvalue weighted by molar-refractivity contribution is -0.384. The van der Waals surface area contributed by atoms with Crippen LogP contribution in [-0.4, -0.2) is 34.9 Å². The van der Waals surface area contributed by atoms with E-state index in [0.29, 0.717) is 24.4 Å². The molecule has 27 heavy (non-hydrogen) atoms. The summed E-state index contributed by atoms with van der Waals surface area (Å²) in [5.74, 6) is 0.457. The van der Waals surface area contributed by atoms with Gasteiger partial charge in [0.25, 0.3) is 5.69 Å². The molecule has 0 fully saturated rings. The third-order valence-corrected chi connectivity index (χ3v) is 4.40. The number of fused-ring (bicyclic) bond motifs is 1. The predicted octanol–water partition coefficient (Wildman–Crippen LogP) is 3.76. The largest absolute Gasteiger partial charge is 0.476 e. The van der Waals surface area contributed by atoms with Crippen molar-refractivity contribution in [3.8, 4) is 5.88 Å². The van der Waals surface area contributed by atoms with Gasteiger partial charge in [-0.25, -0.2) is 0 Å². The summed E-state index contributed by atoms with van der Waals surface area (Å²) in [4.78, 5) is 10.8. The second kappa shape index (κ2) is 9.14. The maximum absolute atomic E-state index is 11.1. The van der Waals surface area contributed by atoms with Gasteiger partial charge in [-0.1, -0.05) is 30.3 Å². The number of unbranched alkanes of at least 4 members (excludes halogenated alkanes) is 2. The van der Waals surface area contributed by atoms with Gasteiger partial charge < -0.3 is 10.1 Å². The molecule has 1 N–H and O–H groups in total. The van der Waals surface area contributed by atoms with Gasteiger partial charge in [0.15, 0.2) is 0 Å². The van der Waals surface area contributed by atoms with Crippen molar-refractivity contribution in [2.45, 2.75) is 25.8 Å².